The van der Waals surface area contributed by atoms with E-state index in [2.05, 4.69) is 0 Å². The molecular weight excluding hydrogens is 264 g/mol. The van der Waals surface area contributed by atoms with Crippen molar-refractivity contribution in [3.63, 3.8) is 0 Å². The number of hydrogen-bond acceptors (Lipinski definition) is 4. The van der Waals surface area contributed by atoms with Crippen LogP contribution in [0.1, 0.15) is 31.6 Å². The number of rotatable bonds is 7. The van der Waals surface area contributed by atoms with Crippen LogP contribution in [0.3, 0.4) is 0 Å². The molecule has 0 aliphatic carbocycles. The molecule has 0 aromatic carbocycles. The molecule has 1 aromatic heterocycles. The molecular formula is C13H20N2O3S. The van der Waals surface area contributed by atoms with Gasteiger partial charge in [0.2, 0.25) is 5.91 Å². The quantitative estimate of drug-likeness (QED) is 0.798. The number of hydrogen-bond donors (Lipinski definition) is 2. The van der Waals surface area contributed by atoms with Crippen molar-refractivity contribution < 1.29 is 14.7 Å². The second-order valence-electron chi connectivity index (χ2n) is 4.68. The summed E-state index contributed by atoms with van der Waals surface area (Å²) < 4.78 is 0. The third kappa shape index (κ3) is 5.00. The Morgan fingerprint density at radius 1 is 1.47 bits per heavy atom. The Kier molecular flexibility index (Phi) is 5.98. The number of nitrogens with zero attached hydrogens (tertiary/aromatic N) is 1. The predicted octanol–water partition coefficient (Wildman–Crippen LogP) is 1.68. The first kappa shape index (κ1) is 15.7. The number of amides is 1. The minimum atomic E-state index is -0.933. The minimum absolute atomic E-state index is 0.0329. The van der Waals surface area contributed by atoms with E-state index in [9.17, 15) is 9.59 Å². The summed E-state index contributed by atoms with van der Waals surface area (Å²) in [5.41, 5.74) is 5.78. The van der Waals surface area contributed by atoms with Crippen LogP contribution in [0.25, 0.3) is 0 Å². The Balaban J connectivity index is 2.64. The topological polar surface area (TPSA) is 83.6 Å². The summed E-state index contributed by atoms with van der Waals surface area (Å²) in [5.74, 6) is -1.12. The first-order valence-electron chi connectivity index (χ1n) is 6.22. The van der Waals surface area contributed by atoms with Gasteiger partial charge in [-0.05, 0) is 31.7 Å². The molecule has 0 spiro atoms. The lowest BCUT2D eigenvalue weighted by Gasteiger charge is -2.28. The van der Waals surface area contributed by atoms with Gasteiger partial charge >= 0.3 is 5.97 Å². The second kappa shape index (κ2) is 7.25. The zero-order valence-electron chi connectivity index (χ0n) is 11.2. The molecule has 0 saturated carbocycles. The highest BCUT2D eigenvalue weighted by atomic mass is 32.1. The molecule has 1 amide bonds. The third-order valence-electron chi connectivity index (χ3n) is 2.80. The highest BCUT2D eigenvalue weighted by molar-refractivity contribution is 7.09. The van der Waals surface area contributed by atoms with E-state index < -0.39 is 12.0 Å². The Labute approximate surface area is 117 Å². The first-order valence-corrected chi connectivity index (χ1v) is 7.10. The predicted molar refractivity (Wildman–Crippen MR) is 74.9 cm³/mol. The van der Waals surface area contributed by atoms with Crippen molar-refractivity contribution in [1.82, 2.24) is 4.90 Å². The molecule has 106 valence electrons. The van der Waals surface area contributed by atoms with Crippen LogP contribution in [-0.4, -0.2) is 34.0 Å². The van der Waals surface area contributed by atoms with Crippen molar-refractivity contribution in [3.05, 3.63) is 22.4 Å². The van der Waals surface area contributed by atoms with Crippen molar-refractivity contribution in [2.45, 2.75) is 45.3 Å². The number of carbonyl (C=O) groups is 2. The lowest BCUT2D eigenvalue weighted by molar-refractivity contribution is -0.138. The molecule has 1 heterocycles. The first-order chi connectivity index (χ1) is 8.91. The average molecular weight is 284 g/mol. The van der Waals surface area contributed by atoms with Crippen LogP contribution in [-0.2, 0) is 16.1 Å². The number of nitrogens with two attached hydrogens (primary N) is 1. The van der Waals surface area contributed by atoms with Crippen LogP contribution in [0.15, 0.2) is 17.5 Å². The molecule has 1 aromatic rings. The molecule has 0 radical (unpaired) electrons. The van der Waals surface area contributed by atoms with Crippen LogP contribution >= 0.6 is 11.3 Å². The lowest BCUT2D eigenvalue weighted by Crippen LogP contribution is -2.46. The Morgan fingerprint density at radius 3 is 2.63 bits per heavy atom. The minimum Gasteiger partial charge on any atom is -0.481 e. The lowest BCUT2D eigenvalue weighted by atomic mass is 10.1. The van der Waals surface area contributed by atoms with Crippen molar-refractivity contribution in [3.8, 4) is 0 Å². The SMILES string of the molecule is CC(C)N(Cc1cccs1)C(=O)C(N)CCC(=O)O. The standard InChI is InChI=1S/C13H20N2O3S/c1-9(2)15(8-10-4-3-7-19-10)13(18)11(14)5-6-12(16)17/h3-4,7,9,11H,5-6,8,14H2,1-2H3,(H,16,17). The van der Waals surface area contributed by atoms with E-state index in [1.807, 2.05) is 31.4 Å². The second-order valence-corrected chi connectivity index (χ2v) is 5.71. The molecule has 0 aliphatic rings. The van der Waals surface area contributed by atoms with E-state index >= 15 is 0 Å². The molecule has 0 bridgehead atoms. The van der Waals surface area contributed by atoms with E-state index in [-0.39, 0.29) is 24.8 Å². The van der Waals surface area contributed by atoms with Gasteiger partial charge in [0.05, 0.1) is 12.6 Å². The number of aliphatic carboxylic acids is 1. The maximum atomic E-state index is 12.2. The Bertz CT molecular complexity index is 418. The van der Waals surface area contributed by atoms with Crippen LogP contribution in [0.4, 0.5) is 0 Å². The molecule has 0 fully saturated rings. The van der Waals surface area contributed by atoms with Gasteiger partial charge in [0.1, 0.15) is 0 Å². The molecule has 19 heavy (non-hydrogen) atoms. The van der Waals surface area contributed by atoms with Gasteiger partial charge in [-0.25, -0.2) is 0 Å². The number of thiophene rings is 1. The van der Waals surface area contributed by atoms with Gasteiger partial charge in [0, 0.05) is 17.3 Å². The average Bonchev–Trinajstić information content (AvgIpc) is 2.84. The largest absolute Gasteiger partial charge is 0.481 e. The number of carbonyl (C=O) groups excluding carboxylic acids is 1. The molecule has 3 N–H and O–H groups in total. The fraction of sp³-hybridized carbons (Fsp3) is 0.538. The highest BCUT2D eigenvalue weighted by Crippen LogP contribution is 2.15. The van der Waals surface area contributed by atoms with Crippen LogP contribution in [0.2, 0.25) is 0 Å². The highest BCUT2D eigenvalue weighted by Gasteiger charge is 2.24. The molecule has 0 saturated heterocycles. The molecule has 0 aliphatic heterocycles. The van der Waals surface area contributed by atoms with Crippen molar-refractivity contribution >= 4 is 23.2 Å². The van der Waals surface area contributed by atoms with Crippen LogP contribution in [0.5, 0.6) is 0 Å². The van der Waals surface area contributed by atoms with Crippen molar-refractivity contribution in [2.75, 3.05) is 0 Å². The maximum Gasteiger partial charge on any atom is 0.303 e. The van der Waals surface area contributed by atoms with E-state index in [4.69, 9.17) is 10.8 Å². The van der Waals surface area contributed by atoms with Gasteiger partial charge < -0.3 is 15.7 Å². The zero-order chi connectivity index (χ0) is 14.4. The van der Waals surface area contributed by atoms with Crippen LogP contribution in [0, 0.1) is 0 Å². The molecule has 1 unspecified atom stereocenters. The Morgan fingerprint density at radius 2 is 2.16 bits per heavy atom. The van der Waals surface area contributed by atoms with E-state index in [1.165, 1.54) is 0 Å². The molecule has 6 heteroatoms. The smallest absolute Gasteiger partial charge is 0.303 e. The van der Waals surface area contributed by atoms with Gasteiger partial charge in [-0.15, -0.1) is 11.3 Å². The van der Waals surface area contributed by atoms with E-state index in [0.717, 1.165) is 4.88 Å². The maximum absolute atomic E-state index is 12.2. The zero-order valence-corrected chi connectivity index (χ0v) is 12.0. The Hall–Kier alpha value is -1.40. The number of carboxylic acids is 1. The fourth-order valence-corrected chi connectivity index (χ4v) is 2.40. The molecule has 1 rings (SSSR count). The van der Waals surface area contributed by atoms with Gasteiger partial charge in [-0.1, -0.05) is 6.07 Å². The third-order valence-corrected chi connectivity index (χ3v) is 3.66. The van der Waals surface area contributed by atoms with Gasteiger partial charge in [-0.3, -0.25) is 9.59 Å². The normalized spacial score (nSPS) is 12.4. The van der Waals surface area contributed by atoms with Crippen LogP contribution < -0.4 is 5.73 Å². The monoisotopic (exact) mass is 284 g/mol. The van der Waals surface area contributed by atoms with E-state index in [0.29, 0.717) is 6.54 Å². The summed E-state index contributed by atoms with van der Waals surface area (Å²) in [5, 5.41) is 10.6. The fourth-order valence-electron chi connectivity index (χ4n) is 1.70. The number of carboxylic acid groups (broad SMARTS) is 1. The molecule has 5 nitrogen and oxygen atoms in total. The summed E-state index contributed by atoms with van der Waals surface area (Å²) >= 11 is 1.59. The van der Waals surface area contributed by atoms with E-state index in [1.54, 1.807) is 16.2 Å². The summed E-state index contributed by atoms with van der Waals surface area (Å²) in [7, 11) is 0. The van der Waals surface area contributed by atoms with Crippen molar-refractivity contribution in [2.24, 2.45) is 5.73 Å². The summed E-state index contributed by atoms with van der Waals surface area (Å²) in [6, 6.07) is 3.19. The summed E-state index contributed by atoms with van der Waals surface area (Å²) in [6.45, 7) is 4.37. The summed E-state index contributed by atoms with van der Waals surface area (Å²) in [6.07, 6.45) is 0.0830. The van der Waals surface area contributed by atoms with Gasteiger partial charge in [0.15, 0.2) is 0 Å². The van der Waals surface area contributed by atoms with Gasteiger partial charge in [0.25, 0.3) is 0 Å². The van der Waals surface area contributed by atoms with Crippen molar-refractivity contribution in [1.29, 1.82) is 0 Å². The molecule has 1 atom stereocenters. The summed E-state index contributed by atoms with van der Waals surface area (Å²) in [4.78, 5) is 25.5. The van der Waals surface area contributed by atoms with Gasteiger partial charge in [-0.2, -0.15) is 0 Å².